The van der Waals surface area contributed by atoms with Crippen LogP contribution >= 0.6 is 11.6 Å². The van der Waals surface area contributed by atoms with Crippen molar-refractivity contribution >= 4 is 17.5 Å². The molecule has 0 heterocycles. The summed E-state index contributed by atoms with van der Waals surface area (Å²) < 4.78 is 0. The second-order valence-electron chi connectivity index (χ2n) is 3.31. The van der Waals surface area contributed by atoms with Crippen molar-refractivity contribution in [3.8, 4) is 0 Å². The topological polar surface area (TPSA) is 38.3 Å². The number of rotatable bonds is 4. The van der Waals surface area contributed by atoms with Gasteiger partial charge in [-0.2, -0.15) is 0 Å². The molecule has 1 amide bonds. The number of hydrogen-bond donors (Lipinski definition) is 1. The van der Waals surface area contributed by atoms with Crippen LogP contribution in [0.3, 0.4) is 0 Å². The highest BCUT2D eigenvalue weighted by Crippen LogP contribution is 2.17. The zero-order valence-corrected chi connectivity index (χ0v) is 9.60. The van der Waals surface area contributed by atoms with E-state index < -0.39 is 0 Å². The van der Waals surface area contributed by atoms with E-state index in [1.165, 1.54) is 7.11 Å². The van der Waals surface area contributed by atoms with Gasteiger partial charge in [-0.15, -0.1) is 0 Å². The average molecular weight is 228 g/mol. The molecular weight excluding hydrogens is 214 g/mol. The lowest BCUT2D eigenvalue weighted by molar-refractivity contribution is -0.131. The molecule has 3 nitrogen and oxygen atoms in total. The van der Waals surface area contributed by atoms with E-state index in [1.807, 2.05) is 25.1 Å². The molecule has 1 aromatic rings. The molecule has 4 heteroatoms. The molecule has 0 saturated heterocycles. The molecule has 0 atom stereocenters. The fraction of sp³-hybridized carbons (Fsp3) is 0.364. The normalized spacial score (nSPS) is 10.1. The first-order valence-electron chi connectivity index (χ1n) is 4.70. The molecule has 0 aliphatic rings. The van der Waals surface area contributed by atoms with Crippen LogP contribution in [0.2, 0.25) is 5.02 Å². The zero-order valence-electron chi connectivity index (χ0n) is 8.84. The fourth-order valence-corrected chi connectivity index (χ4v) is 1.42. The van der Waals surface area contributed by atoms with Gasteiger partial charge in [-0.05, 0) is 30.5 Å². The van der Waals surface area contributed by atoms with Crippen LogP contribution in [-0.2, 0) is 16.1 Å². The lowest BCUT2D eigenvalue weighted by Crippen LogP contribution is -2.21. The van der Waals surface area contributed by atoms with Crippen LogP contribution in [0, 0.1) is 6.92 Å². The SMILES string of the molecule is CONC(=O)CCc1ccc(C)c(Cl)c1. The monoisotopic (exact) mass is 227 g/mol. The van der Waals surface area contributed by atoms with E-state index in [-0.39, 0.29) is 5.91 Å². The summed E-state index contributed by atoms with van der Waals surface area (Å²) in [5.74, 6) is -0.130. The van der Waals surface area contributed by atoms with Gasteiger partial charge in [0, 0.05) is 11.4 Å². The van der Waals surface area contributed by atoms with Crippen molar-refractivity contribution < 1.29 is 9.63 Å². The van der Waals surface area contributed by atoms with E-state index in [9.17, 15) is 4.79 Å². The quantitative estimate of drug-likeness (QED) is 0.802. The van der Waals surface area contributed by atoms with Crippen molar-refractivity contribution in [2.45, 2.75) is 19.8 Å². The Morgan fingerprint density at radius 1 is 1.53 bits per heavy atom. The second kappa shape index (κ2) is 5.73. The van der Waals surface area contributed by atoms with Gasteiger partial charge in [-0.3, -0.25) is 9.63 Å². The summed E-state index contributed by atoms with van der Waals surface area (Å²) in [4.78, 5) is 15.6. The number of nitrogens with one attached hydrogen (secondary N) is 1. The molecule has 1 rings (SSSR count). The van der Waals surface area contributed by atoms with Gasteiger partial charge < -0.3 is 0 Å². The lowest BCUT2D eigenvalue weighted by Gasteiger charge is -2.04. The smallest absolute Gasteiger partial charge is 0.243 e. The van der Waals surface area contributed by atoms with Crippen LogP contribution < -0.4 is 5.48 Å². The number of carbonyl (C=O) groups is 1. The summed E-state index contributed by atoms with van der Waals surface area (Å²) in [6, 6.07) is 5.81. The van der Waals surface area contributed by atoms with Crippen LogP contribution in [0.25, 0.3) is 0 Å². The van der Waals surface area contributed by atoms with Crippen molar-refractivity contribution in [2.75, 3.05) is 7.11 Å². The van der Waals surface area contributed by atoms with E-state index in [4.69, 9.17) is 11.6 Å². The van der Waals surface area contributed by atoms with Crippen LogP contribution in [-0.4, -0.2) is 13.0 Å². The second-order valence-corrected chi connectivity index (χ2v) is 3.72. The molecule has 0 unspecified atom stereocenters. The predicted octanol–water partition coefficient (Wildman–Crippen LogP) is 2.26. The minimum Gasteiger partial charge on any atom is -0.277 e. The van der Waals surface area contributed by atoms with Crippen LogP contribution in [0.15, 0.2) is 18.2 Å². The Morgan fingerprint density at radius 2 is 2.27 bits per heavy atom. The molecule has 0 aromatic heterocycles. The Labute approximate surface area is 94.3 Å². The first-order chi connectivity index (χ1) is 7.13. The summed E-state index contributed by atoms with van der Waals surface area (Å²) >= 11 is 5.97. The molecule has 1 N–H and O–H groups in total. The Bertz CT molecular complexity index is 352. The highest BCUT2D eigenvalue weighted by atomic mass is 35.5. The van der Waals surface area contributed by atoms with E-state index in [1.54, 1.807) is 0 Å². The molecule has 0 spiro atoms. The molecule has 0 saturated carbocycles. The van der Waals surface area contributed by atoms with Gasteiger partial charge in [0.25, 0.3) is 0 Å². The van der Waals surface area contributed by atoms with Crippen molar-refractivity contribution in [2.24, 2.45) is 0 Å². The Hall–Kier alpha value is -1.06. The summed E-state index contributed by atoms with van der Waals surface area (Å²) in [5.41, 5.74) is 4.37. The summed E-state index contributed by atoms with van der Waals surface area (Å²) in [5, 5.41) is 0.736. The third kappa shape index (κ3) is 3.90. The Kier molecular flexibility index (Phi) is 4.59. The zero-order chi connectivity index (χ0) is 11.3. The van der Waals surface area contributed by atoms with Crippen molar-refractivity contribution in [3.05, 3.63) is 34.3 Å². The minimum absolute atomic E-state index is 0.130. The maximum absolute atomic E-state index is 11.1. The minimum atomic E-state index is -0.130. The predicted molar refractivity (Wildman–Crippen MR) is 59.7 cm³/mol. The molecular formula is C11H14ClNO2. The number of hydroxylamine groups is 1. The summed E-state index contributed by atoms with van der Waals surface area (Å²) in [6.45, 7) is 1.95. The average Bonchev–Trinajstić information content (AvgIpc) is 2.20. The van der Waals surface area contributed by atoms with E-state index in [2.05, 4.69) is 10.3 Å². The van der Waals surface area contributed by atoms with E-state index >= 15 is 0 Å². The maximum atomic E-state index is 11.1. The third-order valence-electron chi connectivity index (χ3n) is 2.09. The number of amides is 1. The van der Waals surface area contributed by atoms with Gasteiger partial charge in [0.2, 0.25) is 5.91 Å². The van der Waals surface area contributed by atoms with Crippen molar-refractivity contribution in [1.29, 1.82) is 0 Å². The molecule has 0 aliphatic heterocycles. The van der Waals surface area contributed by atoms with E-state index in [0.29, 0.717) is 12.8 Å². The molecule has 0 radical (unpaired) electrons. The summed E-state index contributed by atoms with van der Waals surface area (Å²) in [7, 11) is 1.42. The molecule has 0 aliphatic carbocycles. The molecule has 82 valence electrons. The van der Waals surface area contributed by atoms with Crippen molar-refractivity contribution in [3.63, 3.8) is 0 Å². The fourth-order valence-electron chi connectivity index (χ4n) is 1.21. The third-order valence-corrected chi connectivity index (χ3v) is 2.50. The molecule has 0 fully saturated rings. The largest absolute Gasteiger partial charge is 0.277 e. The van der Waals surface area contributed by atoms with Gasteiger partial charge in [0.1, 0.15) is 0 Å². The Balaban J connectivity index is 2.51. The van der Waals surface area contributed by atoms with Crippen LogP contribution in [0.5, 0.6) is 0 Å². The maximum Gasteiger partial charge on any atom is 0.243 e. The molecule has 15 heavy (non-hydrogen) atoms. The van der Waals surface area contributed by atoms with Gasteiger partial charge in [0.05, 0.1) is 7.11 Å². The standard InChI is InChI=1S/C11H14ClNO2/c1-8-3-4-9(7-10(8)12)5-6-11(14)13-15-2/h3-4,7H,5-6H2,1-2H3,(H,13,14). The highest BCUT2D eigenvalue weighted by molar-refractivity contribution is 6.31. The van der Waals surface area contributed by atoms with Crippen LogP contribution in [0.1, 0.15) is 17.5 Å². The first-order valence-corrected chi connectivity index (χ1v) is 5.08. The Morgan fingerprint density at radius 3 is 2.87 bits per heavy atom. The van der Waals surface area contributed by atoms with Gasteiger partial charge >= 0.3 is 0 Å². The van der Waals surface area contributed by atoms with Crippen molar-refractivity contribution in [1.82, 2.24) is 5.48 Å². The first kappa shape index (κ1) is 12.0. The lowest BCUT2D eigenvalue weighted by atomic mass is 10.1. The van der Waals surface area contributed by atoms with Gasteiger partial charge in [-0.1, -0.05) is 23.7 Å². The van der Waals surface area contributed by atoms with Gasteiger partial charge in [0.15, 0.2) is 0 Å². The van der Waals surface area contributed by atoms with Crippen LogP contribution in [0.4, 0.5) is 0 Å². The number of halogens is 1. The summed E-state index contributed by atoms with van der Waals surface area (Å²) in [6.07, 6.45) is 1.06. The molecule has 0 bridgehead atoms. The van der Waals surface area contributed by atoms with Gasteiger partial charge in [-0.25, -0.2) is 5.48 Å². The highest BCUT2D eigenvalue weighted by Gasteiger charge is 2.02. The number of hydrogen-bond acceptors (Lipinski definition) is 2. The molecule has 1 aromatic carbocycles. The number of carbonyl (C=O) groups excluding carboxylic acids is 1. The van der Waals surface area contributed by atoms with E-state index in [0.717, 1.165) is 16.1 Å². The number of aryl methyl sites for hydroxylation is 2. The number of benzene rings is 1.